The van der Waals surface area contributed by atoms with E-state index in [9.17, 15) is 0 Å². The number of aryl methyl sites for hydroxylation is 1. The second-order valence-electron chi connectivity index (χ2n) is 4.64. The van der Waals surface area contributed by atoms with Crippen LogP contribution in [0.3, 0.4) is 0 Å². The molecule has 1 heterocycles. The van der Waals surface area contributed by atoms with Gasteiger partial charge in [0.2, 0.25) is 0 Å². The number of rotatable bonds is 1. The molecule has 3 rings (SSSR count). The molecule has 1 aromatic rings. The van der Waals surface area contributed by atoms with Gasteiger partial charge in [-0.15, -0.1) is 0 Å². The predicted octanol–water partition coefficient (Wildman–Crippen LogP) is 1.63. The number of hydrogen-bond acceptors (Lipinski definition) is 2. The van der Waals surface area contributed by atoms with Gasteiger partial charge < -0.3 is 5.73 Å². The Balaban J connectivity index is 2.12. The number of fused-ring (bicyclic) bond motifs is 1. The predicted molar refractivity (Wildman–Crippen MR) is 55.0 cm³/mol. The SMILES string of the molecule is Cn1nc(C2CC2)c2c1CCCC2N. The Bertz CT molecular complexity index is 363. The molecule has 0 aromatic carbocycles. The van der Waals surface area contributed by atoms with Crippen molar-refractivity contribution in [3.8, 4) is 0 Å². The molecule has 0 aliphatic heterocycles. The summed E-state index contributed by atoms with van der Waals surface area (Å²) < 4.78 is 2.06. The molecule has 1 atom stereocenters. The Morgan fingerprint density at radius 1 is 1.36 bits per heavy atom. The van der Waals surface area contributed by atoms with Crippen LogP contribution < -0.4 is 5.73 Å². The molecule has 3 heteroatoms. The Hall–Kier alpha value is -0.830. The van der Waals surface area contributed by atoms with Crippen LogP contribution in [0, 0.1) is 0 Å². The zero-order valence-corrected chi connectivity index (χ0v) is 8.66. The van der Waals surface area contributed by atoms with Crippen LogP contribution in [-0.4, -0.2) is 9.78 Å². The first-order valence-corrected chi connectivity index (χ1v) is 5.58. The molecular weight excluding hydrogens is 174 g/mol. The summed E-state index contributed by atoms with van der Waals surface area (Å²) in [6, 6.07) is 0.253. The van der Waals surface area contributed by atoms with Crippen LogP contribution in [0.1, 0.15) is 54.6 Å². The van der Waals surface area contributed by atoms with Crippen LogP contribution in [0.4, 0.5) is 0 Å². The maximum Gasteiger partial charge on any atom is 0.0706 e. The normalized spacial score (nSPS) is 26.3. The highest BCUT2D eigenvalue weighted by molar-refractivity contribution is 5.35. The topological polar surface area (TPSA) is 43.8 Å². The van der Waals surface area contributed by atoms with Crippen molar-refractivity contribution in [1.29, 1.82) is 0 Å². The van der Waals surface area contributed by atoms with Crippen molar-refractivity contribution in [3.63, 3.8) is 0 Å². The third-order valence-electron chi connectivity index (χ3n) is 3.50. The molecule has 0 saturated heterocycles. The van der Waals surface area contributed by atoms with Gasteiger partial charge in [0, 0.05) is 30.3 Å². The van der Waals surface area contributed by atoms with Gasteiger partial charge in [0.25, 0.3) is 0 Å². The lowest BCUT2D eigenvalue weighted by Gasteiger charge is -2.19. The number of nitrogens with zero attached hydrogens (tertiary/aromatic N) is 2. The zero-order valence-electron chi connectivity index (χ0n) is 8.66. The smallest absolute Gasteiger partial charge is 0.0706 e. The standard InChI is InChI=1S/C11H17N3/c1-14-9-4-2-3-8(12)10(9)11(13-14)7-5-6-7/h7-8H,2-6,12H2,1H3. The third-order valence-corrected chi connectivity index (χ3v) is 3.50. The summed E-state index contributed by atoms with van der Waals surface area (Å²) in [5.74, 6) is 0.731. The first-order chi connectivity index (χ1) is 6.77. The van der Waals surface area contributed by atoms with Gasteiger partial charge in [0.1, 0.15) is 0 Å². The van der Waals surface area contributed by atoms with Crippen LogP contribution in [0.15, 0.2) is 0 Å². The molecule has 0 radical (unpaired) electrons. The molecule has 2 N–H and O–H groups in total. The van der Waals surface area contributed by atoms with E-state index in [2.05, 4.69) is 16.8 Å². The van der Waals surface area contributed by atoms with Gasteiger partial charge >= 0.3 is 0 Å². The summed E-state index contributed by atoms with van der Waals surface area (Å²) in [4.78, 5) is 0. The maximum atomic E-state index is 6.17. The molecule has 0 amide bonds. The molecule has 76 valence electrons. The zero-order chi connectivity index (χ0) is 9.71. The van der Waals surface area contributed by atoms with Crippen LogP contribution in [0.25, 0.3) is 0 Å². The minimum atomic E-state index is 0.253. The van der Waals surface area contributed by atoms with Gasteiger partial charge in [-0.1, -0.05) is 0 Å². The lowest BCUT2D eigenvalue weighted by Crippen LogP contribution is -2.18. The summed E-state index contributed by atoms with van der Waals surface area (Å²) in [6.07, 6.45) is 6.15. The fraction of sp³-hybridized carbons (Fsp3) is 0.727. The van der Waals surface area contributed by atoms with Gasteiger partial charge in [0.15, 0.2) is 0 Å². The van der Waals surface area contributed by atoms with Crippen LogP contribution >= 0.6 is 0 Å². The van der Waals surface area contributed by atoms with Gasteiger partial charge in [-0.2, -0.15) is 5.10 Å². The van der Waals surface area contributed by atoms with Crippen molar-refractivity contribution in [2.24, 2.45) is 12.8 Å². The molecule has 1 aromatic heterocycles. The molecule has 14 heavy (non-hydrogen) atoms. The van der Waals surface area contributed by atoms with E-state index in [0.29, 0.717) is 0 Å². The number of aromatic nitrogens is 2. The van der Waals surface area contributed by atoms with E-state index < -0.39 is 0 Å². The van der Waals surface area contributed by atoms with Gasteiger partial charge in [-0.05, 0) is 32.1 Å². The highest BCUT2D eigenvalue weighted by Gasteiger charge is 2.34. The number of hydrogen-bond donors (Lipinski definition) is 1. The fourth-order valence-corrected chi connectivity index (χ4v) is 2.59. The molecular formula is C11H17N3. The van der Waals surface area contributed by atoms with Gasteiger partial charge in [0.05, 0.1) is 5.69 Å². The maximum absolute atomic E-state index is 6.17. The lowest BCUT2D eigenvalue weighted by atomic mass is 9.90. The van der Waals surface area contributed by atoms with E-state index in [-0.39, 0.29) is 6.04 Å². The number of nitrogens with two attached hydrogens (primary N) is 1. The van der Waals surface area contributed by atoms with E-state index >= 15 is 0 Å². The van der Waals surface area contributed by atoms with Crippen molar-refractivity contribution in [1.82, 2.24) is 9.78 Å². The van der Waals surface area contributed by atoms with E-state index in [1.807, 2.05) is 0 Å². The molecule has 2 aliphatic rings. The molecule has 1 fully saturated rings. The largest absolute Gasteiger partial charge is 0.324 e. The molecule has 0 spiro atoms. The fourth-order valence-electron chi connectivity index (χ4n) is 2.59. The van der Waals surface area contributed by atoms with Crippen LogP contribution in [0.2, 0.25) is 0 Å². The quantitative estimate of drug-likeness (QED) is 0.733. The Morgan fingerprint density at radius 3 is 2.86 bits per heavy atom. The minimum absolute atomic E-state index is 0.253. The van der Waals surface area contributed by atoms with Gasteiger partial charge in [-0.25, -0.2) is 0 Å². The average Bonchev–Trinajstić information content (AvgIpc) is 2.94. The summed E-state index contributed by atoms with van der Waals surface area (Å²) in [6.45, 7) is 0. The van der Waals surface area contributed by atoms with Gasteiger partial charge in [-0.3, -0.25) is 4.68 Å². The van der Waals surface area contributed by atoms with Crippen molar-refractivity contribution in [2.75, 3.05) is 0 Å². The molecule has 2 aliphatic carbocycles. The van der Waals surface area contributed by atoms with E-state index in [1.54, 1.807) is 0 Å². The Kier molecular flexibility index (Phi) is 1.71. The third kappa shape index (κ3) is 1.12. The van der Waals surface area contributed by atoms with Crippen molar-refractivity contribution in [2.45, 2.75) is 44.1 Å². The second kappa shape index (κ2) is 2.83. The first kappa shape index (κ1) is 8.48. The Morgan fingerprint density at radius 2 is 2.14 bits per heavy atom. The molecule has 1 saturated carbocycles. The average molecular weight is 191 g/mol. The Labute approximate surface area is 84.3 Å². The summed E-state index contributed by atoms with van der Waals surface area (Å²) >= 11 is 0. The monoisotopic (exact) mass is 191 g/mol. The van der Waals surface area contributed by atoms with E-state index in [0.717, 1.165) is 12.3 Å². The minimum Gasteiger partial charge on any atom is -0.324 e. The van der Waals surface area contributed by atoms with Crippen LogP contribution in [-0.2, 0) is 13.5 Å². The second-order valence-corrected chi connectivity index (χ2v) is 4.64. The van der Waals surface area contributed by atoms with Crippen LogP contribution in [0.5, 0.6) is 0 Å². The van der Waals surface area contributed by atoms with Crippen molar-refractivity contribution >= 4 is 0 Å². The molecule has 0 bridgehead atoms. The van der Waals surface area contributed by atoms with Crippen molar-refractivity contribution < 1.29 is 0 Å². The lowest BCUT2D eigenvalue weighted by molar-refractivity contribution is 0.547. The summed E-state index contributed by atoms with van der Waals surface area (Å²) in [5.41, 5.74) is 10.3. The van der Waals surface area contributed by atoms with E-state index in [4.69, 9.17) is 5.73 Å². The molecule has 1 unspecified atom stereocenters. The highest BCUT2D eigenvalue weighted by Crippen LogP contribution is 2.44. The molecule has 3 nitrogen and oxygen atoms in total. The summed E-state index contributed by atoms with van der Waals surface area (Å²) in [7, 11) is 2.06. The summed E-state index contributed by atoms with van der Waals surface area (Å²) in [5, 5.41) is 4.64. The first-order valence-electron chi connectivity index (χ1n) is 5.58. The highest BCUT2D eigenvalue weighted by atomic mass is 15.3. The van der Waals surface area contributed by atoms with E-state index in [1.165, 1.54) is 42.6 Å². The van der Waals surface area contributed by atoms with Crippen molar-refractivity contribution in [3.05, 3.63) is 17.0 Å².